The molecule has 1 amide bonds. The molecule has 6 rings (SSSR count). The minimum absolute atomic E-state index is 0.0609. The van der Waals surface area contributed by atoms with Crippen LogP contribution in [0.2, 0.25) is 0 Å². The zero-order valence-corrected chi connectivity index (χ0v) is 25.9. The Balaban J connectivity index is 1.28. The summed E-state index contributed by atoms with van der Waals surface area (Å²) in [6.45, 7) is 2.70. The molecule has 0 saturated carbocycles. The summed E-state index contributed by atoms with van der Waals surface area (Å²) in [7, 11) is 4.01. The molecule has 11 heteroatoms. The monoisotopic (exact) mass is 635 g/mol. The first kappa shape index (κ1) is 31.2. The van der Waals surface area contributed by atoms with Crippen molar-refractivity contribution in [1.82, 2.24) is 19.1 Å². The Morgan fingerprint density at radius 2 is 1.72 bits per heavy atom. The van der Waals surface area contributed by atoms with E-state index in [1.165, 1.54) is 53.2 Å². The quantitative estimate of drug-likeness (QED) is 0.176. The van der Waals surface area contributed by atoms with Crippen molar-refractivity contribution in [2.75, 3.05) is 26.0 Å². The van der Waals surface area contributed by atoms with Crippen LogP contribution in [-0.4, -0.2) is 45.7 Å². The second-order valence-corrected chi connectivity index (χ2v) is 11.0. The molecule has 9 nitrogen and oxygen atoms in total. The van der Waals surface area contributed by atoms with Gasteiger partial charge in [-0.25, -0.2) is 13.3 Å². The Hall–Kier alpha value is -5.81. The number of rotatable bonds is 10. The van der Waals surface area contributed by atoms with Crippen LogP contribution in [0.1, 0.15) is 22.8 Å². The molecule has 0 atom stereocenters. The molecule has 0 aliphatic rings. The van der Waals surface area contributed by atoms with Crippen LogP contribution in [0.25, 0.3) is 22.3 Å². The number of anilines is 1. The maximum atomic E-state index is 15.5. The Bertz CT molecular complexity index is 2140. The molecule has 0 saturated heterocycles. The number of aromatic nitrogens is 3. The molecule has 0 bridgehead atoms. The summed E-state index contributed by atoms with van der Waals surface area (Å²) in [5.74, 6) is -1.62. The summed E-state index contributed by atoms with van der Waals surface area (Å²) in [6, 6.07) is 22.5. The number of halogens is 2. The van der Waals surface area contributed by atoms with Crippen molar-refractivity contribution in [3.8, 4) is 34.1 Å². The third-order valence-electron chi connectivity index (χ3n) is 7.35. The predicted molar refractivity (Wildman–Crippen MR) is 176 cm³/mol. The van der Waals surface area contributed by atoms with E-state index in [1.54, 1.807) is 23.7 Å². The number of amides is 1. The lowest BCUT2D eigenvalue weighted by atomic mass is 10.0. The highest BCUT2D eigenvalue weighted by Crippen LogP contribution is 2.36. The molecule has 3 aromatic heterocycles. The summed E-state index contributed by atoms with van der Waals surface area (Å²) in [5.41, 5.74) is 3.13. The lowest BCUT2D eigenvalue weighted by Gasteiger charge is -2.14. The van der Waals surface area contributed by atoms with Gasteiger partial charge < -0.3 is 19.7 Å². The van der Waals surface area contributed by atoms with Crippen LogP contribution in [0.4, 0.5) is 14.5 Å². The van der Waals surface area contributed by atoms with E-state index in [-0.39, 0.29) is 29.4 Å². The van der Waals surface area contributed by atoms with Gasteiger partial charge in [0.25, 0.3) is 11.5 Å². The van der Waals surface area contributed by atoms with Crippen LogP contribution in [0.5, 0.6) is 17.2 Å². The van der Waals surface area contributed by atoms with Crippen LogP contribution in [-0.2, 0) is 6.54 Å². The fourth-order valence-electron chi connectivity index (χ4n) is 5.32. The lowest BCUT2D eigenvalue weighted by molar-refractivity contribution is 0.102. The Labute approximate surface area is 269 Å². The van der Waals surface area contributed by atoms with Gasteiger partial charge in [-0.05, 0) is 86.7 Å². The highest BCUT2D eigenvalue weighted by atomic mass is 19.1. The van der Waals surface area contributed by atoms with E-state index in [1.807, 2.05) is 38.5 Å². The standard InChI is InChI=1S/C36H31F2N5O4/c1-4-46-31-16-18-42(27-11-8-25(37)9-12-27)36(45)33(31)35(44)40-26-10-13-30(29(38)21-26)47-32-14-17-39-43-19-15-28(34(32)43)24-7-5-6-23(20-24)22-41(2)3/h5-21H,4,22H2,1-3H3,(H,40,44). The van der Waals surface area contributed by atoms with Gasteiger partial charge in [0.05, 0.1) is 12.8 Å². The van der Waals surface area contributed by atoms with E-state index in [0.717, 1.165) is 29.3 Å². The molecule has 47 heavy (non-hydrogen) atoms. The van der Waals surface area contributed by atoms with Crippen LogP contribution >= 0.6 is 0 Å². The molecule has 6 aromatic rings. The SMILES string of the molecule is CCOc1ccn(-c2ccc(F)cc2)c(=O)c1C(=O)Nc1ccc(Oc2ccnn3ccc(-c4cccc(CN(C)C)c4)c23)c(F)c1. The topological polar surface area (TPSA) is 90.1 Å². The normalized spacial score (nSPS) is 11.2. The van der Waals surface area contributed by atoms with Crippen molar-refractivity contribution in [1.29, 1.82) is 0 Å². The maximum Gasteiger partial charge on any atom is 0.271 e. The Kier molecular flexibility index (Phi) is 8.81. The molecule has 3 aromatic carbocycles. The predicted octanol–water partition coefficient (Wildman–Crippen LogP) is 6.94. The summed E-state index contributed by atoms with van der Waals surface area (Å²) >= 11 is 0. The number of ether oxygens (including phenoxy) is 2. The average Bonchev–Trinajstić information content (AvgIpc) is 3.48. The number of carbonyl (C=O) groups excluding carboxylic acids is 1. The van der Waals surface area contributed by atoms with Gasteiger partial charge in [0, 0.05) is 48.0 Å². The summed E-state index contributed by atoms with van der Waals surface area (Å²) < 4.78 is 43.5. The van der Waals surface area contributed by atoms with Gasteiger partial charge in [-0.2, -0.15) is 5.10 Å². The molecular formula is C36H31F2N5O4. The number of nitrogens with zero attached hydrogens (tertiary/aromatic N) is 4. The van der Waals surface area contributed by atoms with Gasteiger partial charge in [-0.3, -0.25) is 14.2 Å². The van der Waals surface area contributed by atoms with Crippen molar-refractivity contribution in [3.63, 3.8) is 0 Å². The van der Waals surface area contributed by atoms with E-state index in [2.05, 4.69) is 27.4 Å². The molecule has 0 spiro atoms. The van der Waals surface area contributed by atoms with E-state index in [9.17, 15) is 14.0 Å². The van der Waals surface area contributed by atoms with Crippen molar-refractivity contribution >= 4 is 17.1 Å². The van der Waals surface area contributed by atoms with Crippen molar-refractivity contribution in [3.05, 3.63) is 137 Å². The number of pyridine rings is 1. The van der Waals surface area contributed by atoms with Crippen LogP contribution < -0.4 is 20.3 Å². The third-order valence-corrected chi connectivity index (χ3v) is 7.35. The van der Waals surface area contributed by atoms with Crippen molar-refractivity contribution in [2.45, 2.75) is 13.5 Å². The van der Waals surface area contributed by atoms with Gasteiger partial charge in [0.2, 0.25) is 0 Å². The largest absolute Gasteiger partial charge is 0.493 e. The fraction of sp³-hybridized carbons (Fsp3) is 0.139. The smallest absolute Gasteiger partial charge is 0.271 e. The molecular weight excluding hydrogens is 604 g/mol. The van der Waals surface area contributed by atoms with E-state index in [0.29, 0.717) is 17.0 Å². The molecule has 0 aliphatic heterocycles. The summed E-state index contributed by atoms with van der Waals surface area (Å²) in [4.78, 5) is 28.9. The maximum absolute atomic E-state index is 15.5. The van der Waals surface area contributed by atoms with Gasteiger partial charge in [0.1, 0.15) is 22.6 Å². The first-order valence-corrected chi connectivity index (χ1v) is 14.9. The molecule has 0 radical (unpaired) electrons. The summed E-state index contributed by atoms with van der Waals surface area (Å²) in [5, 5.41) is 6.98. The van der Waals surface area contributed by atoms with Crippen LogP contribution in [0.15, 0.2) is 108 Å². The minimum atomic E-state index is -0.798. The second-order valence-electron chi connectivity index (χ2n) is 11.0. The minimum Gasteiger partial charge on any atom is -0.493 e. The van der Waals surface area contributed by atoms with E-state index < -0.39 is 23.1 Å². The van der Waals surface area contributed by atoms with Crippen molar-refractivity contribution in [2.24, 2.45) is 0 Å². The van der Waals surface area contributed by atoms with E-state index >= 15 is 4.39 Å². The number of carbonyl (C=O) groups is 1. The number of nitrogens with one attached hydrogen (secondary N) is 1. The molecule has 1 N–H and O–H groups in total. The lowest BCUT2D eigenvalue weighted by Crippen LogP contribution is -2.29. The van der Waals surface area contributed by atoms with E-state index in [4.69, 9.17) is 9.47 Å². The number of fused-ring (bicyclic) bond motifs is 1. The van der Waals surface area contributed by atoms with Gasteiger partial charge in [0.15, 0.2) is 17.3 Å². The average molecular weight is 636 g/mol. The molecule has 0 fully saturated rings. The van der Waals surface area contributed by atoms with Gasteiger partial charge in [-0.1, -0.05) is 18.2 Å². The Morgan fingerprint density at radius 1 is 0.915 bits per heavy atom. The number of hydrogen-bond acceptors (Lipinski definition) is 6. The van der Waals surface area contributed by atoms with Crippen molar-refractivity contribution < 1.29 is 23.0 Å². The zero-order chi connectivity index (χ0) is 33.1. The van der Waals surface area contributed by atoms with Gasteiger partial charge >= 0.3 is 0 Å². The molecule has 0 aliphatic carbocycles. The summed E-state index contributed by atoms with van der Waals surface area (Å²) in [6.07, 6.45) is 4.82. The second kappa shape index (κ2) is 13.3. The van der Waals surface area contributed by atoms with Crippen LogP contribution in [0.3, 0.4) is 0 Å². The van der Waals surface area contributed by atoms with Gasteiger partial charge in [-0.15, -0.1) is 0 Å². The number of benzene rings is 3. The molecule has 3 heterocycles. The molecule has 238 valence electrons. The first-order valence-electron chi connectivity index (χ1n) is 14.9. The van der Waals surface area contributed by atoms with Crippen LogP contribution in [0, 0.1) is 11.6 Å². The Morgan fingerprint density at radius 3 is 2.47 bits per heavy atom. The fourth-order valence-corrected chi connectivity index (χ4v) is 5.32. The molecule has 0 unspecified atom stereocenters. The third kappa shape index (κ3) is 6.61. The first-order chi connectivity index (χ1) is 22.7. The number of hydrogen-bond donors (Lipinski definition) is 1. The highest BCUT2D eigenvalue weighted by Gasteiger charge is 2.21. The zero-order valence-electron chi connectivity index (χ0n) is 25.9. The highest BCUT2D eigenvalue weighted by molar-refractivity contribution is 6.06.